The Balaban J connectivity index is 0.000000255. The Hall–Kier alpha value is -1.78. The monoisotopic (exact) mass is 308 g/mol. The van der Waals surface area contributed by atoms with Crippen molar-refractivity contribution >= 4 is 23.3 Å². The van der Waals surface area contributed by atoms with Crippen molar-refractivity contribution in [1.82, 2.24) is 0 Å². The maximum atomic E-state index is 11.5. The van der Waals surface area contributed by atoms with Gasteiger partial charge in [0.2, 0.25) is 0 Å². The zero-order valence-corrected chi connectivity index (χ0v) is 13.6. The molecule has 0 aliphatic heterocycles. The number of hydrogen-bond acceptors (Lipinski definition) is 5. The second-order valence-corrected chi connectivity index (χ2v) is 6.68. The van der Waals surface area contributed by atoms with Crippen LogP contribution < -0.4 is 0 Å². The summed E-state index contributed by atoms with van der Waals surface area (Å²) in [5, 5.41) is 0. The van der Waals surface area contributed by atoms with Crippen molar-refractivity contribution < 1.29 is 23.9 Å². The zero-order chi connectivity index (χ0) is 16.8. The van der Waals surface area contributed by atoms with Crippen LogP contribution in [0.3, 0.4) is 0 Å². The van der Waals surface area contributed by atoms with Crippen LogP contribution in [-0.4, -0.2) is 23.3 Å². The maximum Gasteiger partial charge on any atom is 0.316 e. The fraction of sp³-hybridized carbons (Fsp3) is 0.647. The first kappa shape index (κ1) is 18.3. The van der Waals surface area contributed by atoms with E-state index in [1.807, 2.05) is 0 Å². The molecule has 0 aromatic heterocycles. The Labute approximate surface area is 131 Å². The summed E-state index contributed by atoms with van der Waals surface area (Å²) in [5.74, 6) is 0.509. The van der Waals surface area contributed by atoms with E-state index in [4.69, 9.17) is 4.74 Å². The molecule has 0 amide bonds. The summed E-state index contributed by atoms with van der Waals surface area (Å²) in [5.41, 5.74) is -0.513. The van der Waals surface area contributed by atoms with E-state index < -0.39 is 5.41 Å². The largest absolute Gasteiger partial charge is 0.431 e. The number of rotatable bonds is 1. The number of allylic oxidation sites excluding steroid dienone is 2. The molecule has 0 radical (unpaired) electrons. The van der Waals surface area contributed by atoms with Crippen molar-refractivity contribution in [3.05, 3.63) is 11.8 Å². The van der Waals surface area contributed by atoms with E-state index in [0.717, 1.165) is 12.8 Å². The quantitative estimate of drug-likeness (QED) is 0.550. The summed E-state index contributed by atoms with van der Waals surface area (Å²) < 4.78 is 5.13. The third-order valence-corrected chi connectivity index (χ3v) is 3.31. The maximum absolute atomic E-state index is 11.5. The number of Topliss-reactive ketones (excluding diaryl/α,β-unsaturated/α-hetero) is 2. The standard InChI is InChI=1S/C11H16O3.C6H8O2/c1-11(2,3)10(13)14-9-6-4-5-8(12)7-9;7-5-2-1-3-6(8)4-5/h7H,4-6H2,1-3H3;1-4H2. The van der Waals surface area contributed by atoms with Crippen LogP contribution in [0, 0.1) is 5.41 Å². The first-order chi connectivity index (χ1) is 10.2. The third kappa shape index (κ3) is 6.78. The fourth-order valence-corrected chi connectivity index (χ4v) is 1.99. The highest BCUT2D eigenvalue weighted by atomic mass is 16.5. The molecule has 0 saturated heterocycles. The van der Waals surface area contributed by atoms with Crippen LogP contribution in [0.25, 0.3) is 0 Å². The summed E-state index contributed by atoms with van der Waals surface area (Å²) in [6.45, 7) is 5.38. The van der Waals surface area contributed by atoms with Gasteiger partial charge < -0.3 is 4.74 Å². The van der Waals surface area contributed by atoms with E-state index in [2.05, 4.69) is 0 Å². The van der Waals surface area contributed by atoms with Crippen LogP contribution in [0.5, 0.6) is 0 Å². The van der Waals surface area contributed by atoms with E-state index in [1.54, 1.807) is 20.8 Å². The summed E-state index contributed by atoms with van der Waals surface area (Å²) in [6.07, 6.45) is 5.68. The molecule has 1 fully saturated rings. The van der Waals surface area contributed by atoms with Crippen LogP contribution in [0.4, 0.5) is 0 Å². The summed E-state index contributed by atoms with van der Waals surface area (Å²) in [6, 6.07) is 0. The topological polar surface area (TPSA) is 77.5 Å². The number of ketones is 3. The third-order valence-electron chi connectivity index (χ3n) is 3.31. The smallest absolute Gasteiger partial charge is 0.316 e. The van der Waals surface area contributed by atoms with Gasteiger partial charge in [0.15, 0.2) is 5.78 Å². The number of esters is 1. The summed E-state index contributed by atoms with van der Waals surface area (Å²) in [4.78, 5) is 43.4. The molecule has 122 valence electrons. The van der Waals surface area contributed by atoms with Gasteiger partial charge in [-0.05, 0) is 33.6 Å². The van der Waals surface area contributed by atoms with Crippen LogP contribution in [0.2, 0.25) is 0 Å². The molecular weight excluding hydrogens is 284 g/mol. The minimum absolute atomic E-state index is 0.0490. The molecular formula is C17H24O5. The van der Waals surface area contributed by atoms with Crippen LogP contribution in [0.15, 0.2) is 11.8 Å². The van der Waals surface area contributed by atoms with Gasteiger partial charge in [-0.15, -0.1) is 0 Å². The van der Waals surface area contributed by atoms with Crippen molar-refractivity contribution in [2.75, 3.05) is 0 Å². The van der Waals surface area contributed by atoms with E-state index in [-0.39, 0.29) is 29.7 Å². The van der Waals surface area contributed by atoms with Crippen molar-refractivity contribution in [2.24, 2.45) is 5.41 Å². The average Bonchev–Trinajstić information content (AvgIpc) is 2.38. The van der Waals surface area contributed by atoms with Crippen molar-refractivity contribution in [3.63, 3.8) is 0 Å². The highest BCUT2D eigenvalue weighted by Gasteiger charge is 2.25. The fourth-order valence-electron chi connectivity index (χ4n) is 1.99. The predicted molar refractivity (Wildman–Crippen MR) is 81.0 cm³/mol. The normalized spacial score (nSPS) is 19.0. The van der Waals surface area contributed by atoms with Gasteiger partial charge in [-0.2, -0.15) is 0 Å². The molecule has 0 N–H and O–H groups in total. The summed E-state index contributed by atoms with van der Waals surface area (Å²) >= 11 is 0. The van der Waals surface area contributed by atoms with E-state index >= 15 is 0 Å². The molecule has 22 heavy (non-hydrogen) atoms. The van der Waals surface area contributed by atoms with Gasteiger partial charge in [0.1, 0.15) is 17.3 Å². The second-order valence-electron chi connectivity index (χ2n) is 6.68. The van der Waals surface area contributed by atoms with E-state index in [0.29, 0.717) is 31.4 Å². The lowest BCUT2D eigenvalue weighted by molar-refractivity contribution is -0.148. The Morgan fingerprint density at radius 1 is 0.955 bits per heavy atom. The molecule has 5 heteroatoms. The Kier molecular flexibility index (Phi) is 6.65. The van der Waals surface area contributed by atoms with Crippen LogP contribution in [-0.2, 0) is 23.9 Å². The Morgan fingerprint density at radius 3 is 1.91 bits per heavy atom. The van der Waals surface area contributed by atoms with Gasteiger partial charge in [0.05, 0.1) is 11.8 Å². The number of hydrogen-bond donors (Lipinski definition) is 0. The minimum Gasteiger partial charge on any atom is -0.431 e. The van der Waals surface area contributed by atoms with Gasteiger partial charge in [-0.1, -0.05) is 0 Å². The lowest BCUT2D eigenvalue weighted by Gasteiger charge is -2.19. The van der Waals surface area contributed by atoms with Gasteiger partial charge in [-0.3, -0.25) is 19.2 Å². The van der Waals surface area contributed by atoms with Crippen LogP contribution in [0.1, 0.15) is 65.7 Å². The molecule has 0 unspecified atom stereocenters. The second kappa shape index (κ2) is 8.01. The van der Waals surface area contributed by atoms with Gasteiger partial charge in [0, 0.05) is 31.8 Å². The first-order valence-corrected chi connectivity index (χ1v) is 7.67. The lowest BCUT2D eigenvalue weighted by Crippen LogP contribution is -2.23. The molecule has 0 heterocycles. The molecule has 0 aromatic carbocycles. The van der Waals surface area contributed by atoms with Gasteiger partial charge in [-0.25, -0.2) is 0 Å². The number of carbonyl (C=O) groups is 4. The van der Waals surface area contributed by atoms with Gasteiger partial charge >= 0.3 is 5.97 Å². The predicted octanol–water partition coefficient (Wildman–Crippen LogP) is 2.91. The molecule has 2 rings (SSSR count). The minimum atomic E-state index is -0.513. The van der Waals surface area contributed by atoms with Gasteiger partial charge in [0.25, 0.3) is 0 Å². The zero-order valence-electron chi connectivity index (χ0n) is 13.6. The van der Waals surface area contributed by atoms with E-state index in [9.17, 15) is 19.2 Å². The van der Waals surface area contributed by atoms with E-state index in [1.165, 1.54) is 6.08 Å². The van der Waals surface area contributed by atoms with Crippen molar-refractivity contribution in [1.29, 1.82) is 0 Å². The first-order valence-electron chi connectivity index (χ1n) is 7.67. The molecule has 0 bridgehead atoms. The molecule has 5 nitrogen and oxygen atoms in total. The van der Waals surface area contributed by atoms with Crippen molar-refractivity contribution in [3.8, 4) is 0 Å². The average molecular weight is 308 g/mol. The lowest BCUT2D eigenvalue weighted by atomic mass is 9.97. The highest BCUT2D eigenvalue weighted by Crippen LogP contribution is 2.22. The molecule has 0 atom stereocenters. The Bertz CT molecular complexity index is 480. The summed E-state index contributed by atoms with van der Waals surface area (Å²) in [7, 11) is 0. The molecule has 1 saturated carbocycles. The number of ether oxygens (including phenoxy) is 1. The molecule has 0 spiro atoms. The number of carbonyl (C=O) groups excluding carboxylic acids is 4. The van der Waals surface area contributed by atoms with Crippen LogP contribution >= 0.6 is 0 Å². The molecule has 2 aliphatic carbocycles. The SMILES string of the molecule is CC(C)(C)C(=O)OC1=CC(=O)CCC1.O=C1CCCC(=O)C1. The Morgan fingerprint density at radius 2 is 1.50 bits per heavy atom. The van der Waals surface area contributed by atoms with Crippen molar-refractivity contribution in [2.45, 2.75) is 65.7 Å². The highest BCUT2D eigenvalue weighted by molar-refractivity contribution is 6.01. The molecule has 0 aromatic rings. The molecule has 2 aliphatic rings.